The lowest BCUT2D eigenvalue weighted by Crippen LogP contribution is -2.23. The third-order valence-corrected chi connectivity index (χ3v) is 4.51. The van der Waals surface area contributed by atoms with Gasteiger partial charge in [-0.25, -0.2) is 4.68 Å². The molecule has 0 spiro atoms. The first-order valence-electron chi connectivity index (χ1n) is 9.21. The van der Waals surface area contributed by atoms with Crippen LogP contribution in [0.1, 0.15) is 18.4 Å². The summed E-state index contributed by atoms with van der Waals surface area (Å²) < 4.78 is 7.70. The maximum absolute atomic E-state index is 12.0. The Labute approximate surface area is 166 Å². The minimum absolute atomic E-state index is 0.0673. The van der Waals surface area contributed by atoms with E-state index in [1.807, 2.05) is 66.9 Å². The summed E-state index contributed by atoms with van der Waals surface area (Å²) in [5, 5.41) is 17.1. The Hall–Kier alpha value is -3.87. The van der Waals surface area contributed by atoms with E-state index < -0.39 is 5.97 Å². The summed E-state index contributed by atoms with van der Waals surface area (Å²) in [7, 11) is 0. The van der Waals surface area contributed by atoms with Crippen LogP contribution in [0.2, 0.25) is 0 Å². The zero-order chi connectivity index (χ0) is 20.2. The van der Waals surface area contributed by atoms with Crippen LogP contribution < -0.4 is 5.32 Å². The van der Waals surface area contributed by atoms with Crippen molar-refractivity contribution in [1.29, 1.82) is 0 Å². The minimum atomic E-state index is -1.000. The highest BCUT2D eigenvalue weighted by molar-refractivity contribution is 5.83. The Kier molecular flexibility index (Phi) is 5.11. The van der Waals surface area contributed by atoms with Gasteiger partial charge in [-0.1, -0.05) is 36.4 Å². The van der Waals surface area contributed by atoms with Crippen LogP contribution >= 0.6 is 0 Å². The van der Waals surface area contributed by atoms with Gasteiger partial charge in [0, 0.05) is 30.1 Å². The van der Waals surface area contributed by atoms with Crippen molar-refractivity contribution in [2.75, 3.05) is 0 Å². The van der Waals surface area contributed by atoms with Crippen LogP contribution in [0.15, 0.2) is 71.3 Å². The zero-order valence-corrected chi connectivity index (χ0v) is 15.5. The Bertz CT molecular complexity index is 1130. The number of carbonyl (C=O) groups is 2. The highest BCUT2D eigenvalue weighted by Gasteiger charge is 2.17. The summed E-state index contributed by atoms with van der Waals surface area (Å²) in [5.74, 6) is -0.717. The number of para-hydroxylation sites is 2. The fourth-order valence-corrected chi connectivity index (χ4v) is 3.06. The molecule has 1 amide bonds. The number of aromatic nitrogens is 2. The molecule has 0 radical (unpaired) electrons. The van der Waals surface area contributed by atoms with E-state index in [2.05, 4.69) is 10.4 Å². The van der Waals surface area contributed by atoms with Gasteiger partial charge < -0.3 is 14.8 Å². The number of carboxylic acid groups (broad SMARTS) is 1. The number of amides is 1. The Balaban J connectivity index is 1.65. The van der Waals surface area contributed by atoms with Crippen LogP contribution in [-0.4, -0.2) is 26.8 Å². The number of aliphatic carboxylic acids is 1. The first kappa shape index (κ1) is 18.5. The highest BCUT2D eigenvalue weighted by Crippen LogP contribution is 2.29. The van der Waals surface area contributed by atoms with E-state index in [9.17, 15) is 9.59 Å². The number of carboxylic acids is 1. The minimum Gasteiger partial charge on any atom is -0.481 e. The van der Waals surface area contributed by atoms with Crippen molar-refractivity contribution in [3.8, 4) is 17.1 Å². The molecule has 146 valence electrons. The number of furan rings is 1. The van der Waals surface area contributed by atoms with Gasteiger partial charge in [-0.05, 0) is 24.3 Å². The molecule has 2 N–H and O–H groups in total. The molecule has 0 bridgehead atoms. The van der Waals surface area contributed by atoms with Crippen LogP contribution in [0.3, 0.4) is 0 Å². The molecule has 4 rings (SSSR count). The van der Waals surface area contributed by atoms with Gasteiger partial charge in [0.15, 0.2) is 5.76 Å². The Morgan fingerprint density at radius 3 is 2.55 bits per heavy atom. The normalized spacial score (nSPS) is 10.9. The van der Waals surface area contributed by atoms with Gasteiger partial charge in [0.25, 0.3) is 0 Å². The van der Waals surface area contributed by atoms with E-state index in [1.54, 1.807) is 4.68 Å². The summed E-state index contributed by atoms with van der Waals surface area (Å²) in [4.78, 5) is 22.6. The molecule has 29 heavy (non-hydrogen) atoms. The lowest BCUT2D eigenvalue weighted by molar-refractivity contribution is -0.138. The molecule has 0 unspecified atom stereocenters. The van der Waals surface area contributed by atoms with E-state index in [-0.39, 0.29) is 25.3 Å². The smallest absolute Gasteiger partial charge is 0.303 e. The zero-order valence-electron chi connectivity index (χ0n) is 15.5. The van der Waals surface area contributed by atoms with Crippen molar-refractivity contribution in [2.24, 2.45) is 0 Å². The molecule has 4 aromatic rings. The number of rotatable bonds is 7. The second-order valence-electron chi connectivity index (χ2n) is 6.60. The largest absolute Gasteiger partial charge is 0.481 e. The fourth-order valence-electron chi connectivity index (χ4n) is 3.06. The molecule has 7 heteroatoms. The van der Waals surface area contributed by atoms with Crippen LogP contribution in [0, 0.1) is 0 Å². The Morgan fingerprint density at radius 1 is 1.03 bits per heavy atom. The van der Waals surface area contributed by atoms with Crippen molar-refractivity contribution >= 4 is 22.8 Å². The molecule has 2 heterocycles. The summed E-state index contributed by atoms with van der Waals surface area (Å²) in [5.41, 5.74) is 3.04. The summed E-state index contributed by atoms with van der Waals surface area (Å²) >= 11 is 0. The molecule has 0 aliphatic heterocycles. The van der Waals surface area contributed by atoms with E-state index in [0.29, 0.717) is 11.5 Å². The van der Waals surface area contributed by atoms with Crippen LogP contribution in [-0.2, 0) is 16.1 Å². The number of benzene rings is 2. The number of nitrogens with one attached hydrogen (secondary N) is 1. The third kappa shape index (κ3) is 4.19. The lowest BCUT2D eigenvalue weighted by atomic mass is 10.2. The predicted molar refractivity (Wildman–Crippen MR) is 107 cm³/mol. The van der Waals surface area contributed by atoms with E-state index >= 15 is 0 Å². The lowest BCUT2D eigenvalue weighted by Gasteiger charge is -2.03. The van der Waals surface area contributed by atoms with Crippen molar-refractivity contribution in [3.05, 3.63) is 72.4 Å². The summed E-state index contributed by atoms with van der Waals surface area (Å²) in [6, 6.07) is 19.3. The van der Waals surface area contributed by atoms with Crippen LogP contribution in [0.25, 0.3) is 28.1 Å². The van der Waals surface area contributed by atoms with Gasteiger partial charge in [0.2, 0.25) is 5.91 Å². The molecule has 2 aromatic heterocycles. The first-order chi connectivity index (χ1) is 14.1. The number of hydrogen-bond donors (Lipinski definition) is 2. The topological polar surface area (TPSA) is 97.4 Å². The van der Waals surface area contributed by atoms with Crippen molar-refractivity contribution in [1.82, 2.24) is 15.1 Å². The molecule has 0 aliphatic rings. The Morgan fingerprint density at radius 2 is 1.79 bits per heavy atom. The van der Waals surface area contributed by atoms with Gasteiger partial charge in [0.05, 0.1) is 12.1 Å². The maximum atomic E-state index is 12.0. The quantitative estimate of drug-likeness (QED) is 0.501. The monoisotopic (exact) mass is 389 g/mol. The number of fused-ring (bicyclic) bond motifs is 1. The van der Waals surface area contributed by atoms with Crippen LogP contribution in [0.4, 0.5) is 0 Å². The highest BCUT2D eigenvalue weighted by atomic mass is 16.4. The molecule has 2 aromatic carbocycles. The summed E-state index contributed by atoms with van der Waals surface area (Å²) in [6.45, 7) is 0.220. The molecule has 0 fully saturated rings. The number of carbonyl (C=O) groups excluding carboxylic acids is 1. The molecule has 0 aliphatic carbocycles. The number of nitrogens with zero attached hydrogens (tertiary/aromatic N) is 2. The molecular formula is C22H19N3O4. The van der Waals surface area contributed by atoms with Gasteiger partial charge in [-0.2, -0.15) is 5.10 Å². The van der Waals surface area contributed by atoms with Crippen molar-refractivity contribution in [2.45, 2.75) is 19.4 Å². The second-order valence-corrected chi connectivity index (χ2v) is 6.60. The fraction of sp³-hybridized carbons (Fsp3) is 0.136. The number of hydrogen-bond acceptors (Lipinski definition) is 4. The molecule has 7 nitrogen and oxygen atoms in total. The SMILES string of the molecule is O=C(O)CCC(=O)NCc1cn(-c2ccccc2)nc1-c1cc2ccccc2o1. The molecule has 0 saturated carbocycles. The average Bonchev–Trinajstić information content (AvgIpc) is 3.35. The molecule has 0 atom stereocenters. The van der Waals surface area contributed by atoms with Gasteiger partial charge >= 0.3 is 5.97 Å². The standard InChI is InChI=1S/C22H19N3O4/c26-20(10-11-21(27)28)23-13-16-14-25(17-7-2-1-3-8-17)24-22(16)19-12-15-6-4-5-9-18(15)29-19/h1-9,12,14H,10-11,13H2,(H,23,26)(H,27,28). The van der Waals surface area contributed by atoms with Gasteiger partial charge in [0.1, 0.15) is 11.3 Å². The maximum Gasteiger partial charge on any atom is 0.303 e. The van der Waals surface area contributed by atoms with E-state index in [0.717, 1.165) is 22.2 Å². The molecule has 0 saturated heterocycles. The second kappa shape index (κ2) is 8.02. The average molecular weight is 389 g/mol. The van der Waals surface area contributed by atoms with E-state index in [1.165, 1.54) is 0 Å². The van der Waals surface area contributed by atoms with Crippen molar-refractivity contribution in [3.63, 3.8) is 0 Å². The van der Waals surface area contributed by atoms with E-state index in [4.69, 9.17) is 9.52 Å². The van der Waals surface area contributed by atoms with Gasteiger partial charge in [-0.15, -0.1) is 0 Å². The molecular weight excluding hydrogens is 370 g/mol. The predicted octanol–water partition coefficient (Wildman–Crippen LogP) is 3.77. The van der Waals surface area contributed by atoms with Gasteiger partial charge in [-0.3, -0.25) is 9.59 Å². The van der Waals surface area contributed by atoms with Crippen LogP contribution in [0.5, 0.6) is 0 Å². The van der Waals surface area contributed by atoms with Crippen molar-refractivity contribution < 1.29 is 19.1 Å². The summed E-state index contributed by atoms with van der Waals surface area (Å²) in [6.07, 6.45) is 1.57. The first-order valence-corrected chi connectivity index (χ1v) is 9.21. The third-order valence-electron chi connectivity index (χ3n) is 4.51.